The Balaban J connectivity index is 1.98. The molecule has 3 nitrogen and oxygen atoms in total. The molecule has 0 aromatic rings. The van der Waals surface area contributed by atoms with Crippen molar-refractivity contribution in [3.05, 3.63) is 0 Å². The Kier molecular flexibility index (Phi) is 6.32. The fourth-order valence-corrected chi connectivity index (χ4v) is 2.27. The molecule has 1 saturated heterocycles. The normalized spacial score (nSPS) is 22.5. The molecule has 1 atom stereocenters. The standard InChI is InChI=1S/C13H29N3/c1-12(2)13-5-8-16(11-13)10-7-14-6-9-15(3)4/h12-14H,5-11H2,1-4H3. The number of likely N-dealkylation sites (N-methyl/N-ethyl adjacent to an activating group) is 1. The molecule has 0 radical (unpaired) electrons. The molecule has 0 spiro atoms. The van der Waals surface area contributed by atoms with Crippen LogP contribution in [0.3, 0.4) is 0 Å². The smallest absolute Gasteiger partial charge is 0.0107 e. The molecule has 1 aliphatic heterocycles. The molecule has 0 aromatic heterocycles. The van der Waals surface area contributed by atoms with Crippen molar-refractivity contribution in [3.8, 4) is 0 Å². The van der Waals surface area contributed by atoms with Gasteiger partial charge >= 0.3 is 0 Å². The molecule has 1 rings (SSSR count). The van der Waals surface area contributed by atoms with Crippen LogP contribution in [0.4, 0.5) is 0 Å². The summed E-state index contributed by atoms with van der Waals surface area (Å²) in [7, 11) is 4.24. The van der Waals surface area contributed by atoms with Crippen LogP contribution in [0, 0.1) is 11.8 Å². The van der Waals surface area contributed by atoms with E-state index in [1.165, 1.54) is 26.1 Å². The van der Waals surface area contributed by atoms with Crippen LogP contribution in [0.25, 0.3) is 0 Å². The van der Waals surface area contributed by atoms with Crippen molar-refractivity contribution in [2.75, 3.05) is 53.4 Å². The van der Waals surface area contributed by atoms with Gasteiger partial charge in [-0.25, -0.2) is 0 Å². The molecule has 0 aliphatic carbocycles. The van der Waals surface area contributed by atoms with Gasteiger partial charge in [0.25, 0.3) is 0 Å². The van der Waals surface area contributed by atoms with Gasteiger partial charge in [-0.2, -0.15) is 0 Å². The van der Waals surface area contributed by atoms with Gasteiger partial charge in [0, 0.05) is 32.7 Å². The van der Waals surface area contributed by atoms with Gasteiger partial charge in [-0.3, -0.25) is 0 Å². The third kappa shape index (κ3) is 5.28. The van der Waals surface area contributed by atoms with Crippen molar-refractivity contribution in [1.29, 1.82) is 0 Å². The second-order valence-electron chi connectivity index (χ2n) is 5.65. The lowest BCUT2D eigenvalue weighted by atomic mass is 9.95. The van der Waals surface area contributed by atoms with Crippen molar-refractivity contribution in [1.82, 2.24) is 15.1 Å². The summed E-state index contributed by atoms with van der Waals surface area (Å²) in [5, 5.41) is 3.50. The first kappa shape index (κ1) is 13.9. The van der Waals surface area contributed by atoms with E-state index in [1.807, 2.05) is 0 Å². The molecule has 1 N–H and O–H groups in total. The minimum absolute atomic E-state index is 0.853. The lowest BCUT2D eigenvalue weighted by Crippen LogP contribution is -2.34. The quantitative estimate of drug-likeness (QED) is 0.658. The van der Waals surface area contributed by atoms with Crippen LogP contribution in [0.15, 0.2) is 0 Å². The maximum Gasteiger partial charge on any atom is 0.0107 e. The van der Waals surface area contributed by atoms with Crippen LogP contribution >= 0.6 is 0 Å². The summed E-state index contributed by atoms with van der Waals surface area (Å²) in [5.41, 5.74) is 0. The Morgan fingerprint density at radius 3 is 2.62 bits per heavy atom. The number of hydrogen-bond acceptors (Lipinski definition) is 3. The van der Waals surface area contributed by atoms with Crippen molar-refractivity contribution in [2.24, 2.45) is 11.8 Å². The number of nitrogens with one attached hydrogen (secondary N) is 1. The molecule has 0 bridgehead atoms. The Labute approximate surface area is 101 Å². The van der Waals surface area contributed by atoms with E-state index in [0.29, 0.717) is 0 Å². The van der Waals surface area contributed by atoms with E-state index in [0.717, 1.165) is 31.5 Å². The highest BCUT2D eigenvalue weighted by atomic mass is 15.2. The van der Waals surface area contributed by atoms with Crippen molar-refractivity contribution >= 4 is 0 Å². The van der Waals surface area contributed by atoms with Crippen LogP contribution < -0.4 is 5.32 Å². The second-order valence-corrected chi connectivity index (χ2v) is 5.65. The molecule has 1 heterocycles. The zero-order chi connectivity index (χ0) is 12.0. The van der Waals surface area contributed by atoms with E-state index >= 15 is 0 Å². The third-order valence-electron chi connectivity index (χ3n) is 3.59. The van der Waals surface area contributed by atoms with Crippen molar-refractivity contribution < 1.29 is 0 Å². The van der Waals surface area contributed by atoms with Crippen LogP contribution in [-0.4, -0.2) is 63.2 Å². The maximum absolute atomic E-state index is 3.50. The topological polar surface area (TPSA) is 18.5 Å². The molecule has 0 aromatic carbocycles. The van der Waals surface area contributed by atoms with Crippen LogP contribution in [0.5, 0.6) is 0 Å². The van der Waals surface area contributed by atoms with Gasteiger partial charge in [0.15, 0.2) is 0 Å². The Morgan fingerprint density at radius 1 is 1.31 bits per heavy atom. The summed E-state index contributed by atoms with van der Waals surface area (Å²) in [6, 6.07) is 0. The molecule has 1 aliphatic rings. The van der Waals surface area contributed by atoms with Gasteiger partial charge in [-0.05, 0) is 38.9 Å². The fourth-order valence-electron chi connectivity index (χ4n) is 2.27. The lowest BCUT2D eigenvalue weighted by Gasteiger charge is -2.18. The third-order valence-corrected chi connectivity index (χ3v) is 3.59. The molecular weight excluding hydrogens is 198 g/mol. The monoisotopic (exact) mass is 227 g/mol. The molecule has 1 fully saturated rings. The first-order valence-corrected chi connectivity index (χ1v) is 6.67. The van der Waals surface area contributed by atoms with E-state index in [2.05, 4.69) is 43.1 Å². The zero-order valence-corrected chi connectivity index (χ0v) is 11.5. The van der Waals surface area contributed by atoms with Crippen molar-refractivity contribution in [2.45, 2.75) is 20.3 Å². The number of likely N-dealkylation sites (tertiary alicyclic amines) is 1. The molecule has 0 amide bonds. The predicted molar refractivity (Wildman–Crippen MR) is 70.8 cm³/mol. The highest BCUT2D eigenvalue weighted by Crippen LogP contribution is 2.22. The van der Waals surface area contributed by atoms with Gasteiger partial charge in [-0.1, -0.05) is 13.8 Å². The van der Waals surface area contributed by atoms with E-state index in [4.69, 9.17) is 0 Å². The SMILES string of the molecule is CC(C)C1CCN(CCNCCN(C)C)C1. The van der Waals surface area contributed by atoms with Gasteiger partial charge in [0.05, 0.1) is 0 Å². The molecule has 96 valence electrons. The Hall–Kier alpha value is -0.120. The molecule has 3 heteroatoms. The molecule has 0 saturated carbocycles. The van der Waals surface area contributed by atoms with E-state index in [1.54, 1.807) is 0 Å². The van der Waals surface area contributed by atoms with Crippen LogP contribution in [0.2, 0.25) is 0 Å². The molecular formula is C13H29N3. The van der Waals surface area contributed by atoms with E-state index in [9.17, 15) is 0 Å². The summed E-state index contributed by atoms with van der Waals surface area (Å²) in [6.07, 6.45) is 1.40. The average molecular weight is 227 g/mol. The van der Waals surface area contributed by atoms with Gasteiger partial charge in [-0.15, -0.1) is 0 Å². The molecule has 1 unspecified atom stereocenters. The first-order chi connectivity index (χ1) is 7.59. The number of nitrogens with zero attached hydrogens (tertiary/aromatic N) is 2. The first-order valence-electron chi connectivity index (χ1n) is 6.67. The number of hydrogen-bond donors (Lipinski definition) is 1. The second kappa shape index (κ2) is 7.25. The van der Waals surface area contributed by atoms with Crippen molar-refractivity contribution in [3.63, 3.8) is 0 Å². The van der Waals surface area contributed by atoms with Gasteiger partial charge in [0.1, 0.15) is 0 Å². The predicted octanol–water partition coefficient (Wildman–Crippen LogP) is 1.12. The van der Waals surface area contributed by atoms with Gasteiger partial charge < -0.3 is 15.1 Å². The molecule has 16 heavy (non-hydrogen) atoms. The summed E-state index contributed by atoms with van der Waals surface area (Å²) in [5.74, 6) is 1.79. The summed E-state index contributed by atoms with van der Waals surface area (Å²) in [4.78, 5) is 4.82. The summed E-state index contributed by atoms with van der Waals surface area (Å²) >= 11 is 0. The van der Waals surface area contributed by atoms with E-state index in [-0.39, 0.29) is 0 Å². The highest BCUT2D eigenvalue weighted by molar-refractivity contribution is 4.77. The highest BCUT2D eigenvalue weighted by Gasteiger charge is 2.23. The zero-order valence-electron chi connectivity index (χ0n) is 11.5. The Bertz CT molecular complexity index is 180. The lowest BCUT2D eigenvalue weighted by molar-refractivity contribution is 0.299. The largest absolute Gasteiger partial charge is 0.314 e. The minimum Gasteiger partial charge on any atom is -0.314 e. The van der Waals surface area contributed by atoms with Crippen LogP contribution in [-0.2, 0) is 0 Å². The van der Waals surface area contributed by atoms with E-state index < -0.39 is 0 Å². The Morgan fingerprint density at radius 2 is 2.06 bits per heavy atom. The van der Waals surface area contributed by atoms with Gasteiger partial charge in [0.2, 0.25) is 0 Å². The van der Waals surface area contributed by atoms with Crippen LogP contribution in [0.1, 0.15) is 20.3 Å². The maximum atomic E-state index is 3.50. The number of rotatable bonds is 7. The summed E-state index contributed by atoms with van der Waals surface area (Å²) < 4.78 is 0. The average Bonchev–Trinajstić information content (AvgIpc) is 2.65. The summed E-state index contributed by atoms with van der Waals surface area (Å²) in [6.45, 7) is 11.9. The minimum atomic E-state index is 0.853. The fraction of sp³-hybridized carbons (Fsp3) is 1.00.